The largest absolute Gasteiger partial charge is 0.494 e. The summed E-state index contributed by atoms with van der Waals surface area (Å²) in [6.45, 7) is 4.26. The fourth-order valence-electron chi connectivity index (χ4n) is 2.68. The average molecular weight is 350 g/mol. The number of nitriles is 1. The van der Waals surface area contributed by atoms with Gasteiger partial charge in [0.05, 0.1) is 12.7 Å². The van der Waals surface area contributed by atoms with Crippen LogP contribution in [-0.4, -0.2) is 18.1 Å². The standard InChI is InChI=1S/C22H26N2O2/c1-18-8-6-11-20(16-18)26-15-7-12-21(25)24-22(2,17-23)14-13-19-9-4-3-5-10-19/h3-6,8-11,16H,7,12-15H2,1-2H3,(H,24,25). The molecule has 26 heavy (non-hydrogen) atoms. The van der Waals surface area contributed by atoms with Crippen LogP contribution < -0.4 is 10.1 Å². The lowest BCUT2D eigenvalue weighted by Gasteiger charge is -2.23. The summed E-state index contributed by atoms with van der Waals surface area (Å²) in [6, 6.07) is 20.1. The molecule has 0 radical (unpaired) electrons. The smallest absolute Gasteiger partial charge is 0.221 e. The van der Waals surface area contributed by atoms with Crippen LogP contribution in [0.3, 0.4) is 0 Å². The molecule has 1 N–H and O–H groups in total. The van der Waals surface area contributed by atoms with E-state index in [-0.39, 0.29) is 5.91 Å². The molecule has 4 heteroatoms. The average Bonchev–Trinajstić information content (AvgIpc) is 2.65. The molecule has 0 aliphatic heterocycles. The number of hydrogen-bond acceptors (Lipinski definition) is 3. The van der Waals surface area contributed by atoms with Gasteiger partial charge in [0.2, 0.25) is 5.91 Å². The van der Waals surface area contributed by atoms with Gasteiger partial charge in [-0.25, -0.2) is 0 Å². The highest BCUT2D eigenvalue weighted by Gasteiger charge is 2.25. The Balaban J connectivity index is 1.73. The van der Waals surface area contributed by atoms with Crippen LogP contribution in [0, 0.1) is 18.3 Å². The first-order valence-corrected chi connectivity index (χ1v) is 8.96. The molecule has 136 valence electrons. The van der Waals surface area contributed by atoms with Crippen molar-refractivity contribution in [2.75, 3.05) is 6.61 Å². The Kier molecular flexibility index (Phi) is 7.23. The molecule has 1 atom stereocenters. The summed E-state index contributed by atoms with van der Waals surface area (Å²) in [7, 11) is 0. The van der Waals surface area contributed by atoms with E-state index < -0.39 is 5.54 Å². The number of rotatable bonds is 9. The minimum Gasteiger partial charge on any atom is -0.494 e. The lowest BCUT2D eigenvalue weighted by atomic mass is 9.94. The molecule has 0 bridgehead atoms. The highest BCUT2D eigenvalue weighted by molar-refractivity contribution is 5.77. The Morgan fingerprint density at radius 2 is 1.96 bits per heavy atom. The second-order valence-corrected chi connectivity index (χ2v) is 6.75. The van der Waals surface area contributed by atoms with E-state index in [1.807, 2.05) is 61.5 Å². The van der Waals surface area contributed by atoms with Gasteiger partial charge in [0.15, 0.2) is 0 Å². The number of nitrogens with one attached hydrogen (secondary N) is 1. The first-order valence-electron chi connectivity index (χ1n) is 8.96. The van der Waals surface area contributed by atoms with Crippen LogP contribution in [0.2, 0.25) is 0 Å². The van der Waals surface area contributed by atoms with Crippen molar-refractivity contribution in [1.29, 1.82) is 5.26 Å². The zero-order chi connectivity index (χ0) is 18.8. The van der Waals surface area contributed by atoms with Gasteiger partial charge in [0, 0.05) is 6.42 Å². The van der Waals surface area contributed by atoms with E-state index in [1.165, 1.54) is 0 Å². The number of hydrogen-bond donors (Lipinski definition) is 1. The van der Waals surface area contributed by atoms with Crippen molar-refractivity contribution in [1.82, 2.24) is 5.32 Å². The lowest BCUT2D eigenvalue weighted by molar-refractivity contribution is -0.122. The van der Waals surface area contributed by atoms with Crippen LogP contribution in [0.1, 0.15) is 37.3 Å². The Hall–Kier alpha value is -2.80. The SMILES string of the molecule is Cc1cccc(OCCCC(=O)NC(C)(C#N)CCc2ccccc2)c1. The van der Waals surface area contributed by atoms with Crippen molar-refractivity contribution in [2.24, 2.45) is 0 Å². The molecule has 1 amide bonds. The molecule has 4 nitrogen and oxygen atoms in total. The van der Waals surface area contributed by atoms with Gasteiger partial charge in [-0.15, -0.1) is 0 Å². The van der Waals surface area contributed by atoms with Gasteiger partial charge in [-0.05, 0) is 56.4 Å². The molecule has 0 saturated heterocycles. The third-order valence-corrected chi connectivity index (χ3v) is 4.23. The summed E-state index contributed by atoms with van der Waals surface area (Å²) in [5.74, 6) is 0.699. The second-order valence-electron chi connectivity index (χ2n) is 6.75. The predicted octanol–water partition coefficient (Wildman–Crippen LogP) is 4.19. The lowest BCUT2D eigenvalue weighted by Crippen LogP contribution is -2.45. The van der Waals surface area contributed by atoms with E-state index in [0.29, 0.717) is 25.9 Å². The Labute approximate surface area is 155 Å². The van der Waals surface area contributed by atoms with E-state index in [9.17, 15) is 10.1 Å². The zero-order valence-electron chi connectivity index (χ0n) is 15.5. The molecule has 0 spiro atoms. The summed E-state index contributed by atoms with van der Waals surface area (Å²) >= 11 is 0. The number of aryl methyl sites for hydroxylation is 2. The molecule has 0 heterocycles. The number of ether oxygens (including phenoxy) is 1. The molecule has 0 aliphatic carbocycles. The van der Waals surface area contributed by atoms with Gasteiger partial charge < -0.3 is 10.1 Å². The monoisotopic (exact) mass is 350 g/mol. The van der Waals surface area contributed by atoms with Gasteiger partial charge in [-0.3, -0.25) is 4.79 Å². The van der Waals surface area contributed by atoms with Gasteiger partial charge in [-0.1, -0.05) is 42.5 Å². The molecular weight excluding hydrogens is 324 g/mol. The van der Waals surface area contributed by atoms with Crippen LogP contribution in [0.15, 0.2) is 54.6 Å². The van der Waals surface area contributed by atoms with Crippen molar-refractivity contribution in [3.63, 3.8) is 0 Å². The van der Waals surface area contributed by atoms with Crippen molar-refractivity contribution < 1.29 is 9.53 Å². The highest BCUT2D eigenvalue weighted by Crippen LogP contribution is 2.15. The summed E-state index contributed by atoms with van der Waals surface area (Å²) in [6.07, 6.45) is 2.29. The van der Waals surface area contributed by atoms with Gasteiger partial charge in [-0.2, -0.15) is 5.26 Å². The molecule has 1 unspecified atom stereocenters. The number of carbonyl (C=O) groups is 1. The molecule has 2 aromatic rings. The number of benzene rings is 2. The van der Waals surface area contributed by atoms with E-state index in [1.54, 1.807) is 6.92 Å². The summed E-state index contributed by atoms with van der Waals surface area (Å²) in [5.41, 5.74) is 1.45. The molecule has 0 aliphatic rings. The normalized spacial score (nSPS) is 12.7. The Morgan fingerprint density at radius 1 is 1.19 bits per heavy atom. The molecule has 0 aromatic heterocycles. The van der Waals surface area contributed by atoms with Crippen LogP contribution in [0.25, 0.3) is 0 Å². The van der Waals surface area contributed by atoms with Crippen LogP contribution in [0.4, 0.5) is 0 Å². The van der Waals surface area contributed by atoms with Crippen molar-refractivity contribution in [2.45, 2.75) is 45.1 Å². The topological polar surface area (TPSA) is 62.1 Å². The van der Waals surface area contributed by atoms with Gasteiger partial charge in [0.25, 0.3) is 0 Å². The van der Waals surface area contributed by atoms with Crippen LogP contribution in [-0.2, 0) is 11.2 Å². The van der Waals surface area contributed by atoms with E-state index in [0.717, 1.165) is 23.3 Å². The molecular formula is C22H26N2O2. The van der Waals surface area contributed by atoms with E-state index >= 15 is 0 Å². The quantitative estimate of drug-likeness (QED) is 0.690. The Bertz CT molecular complexity index is 752. The molecule has 0 saturated carbocycles. The van der Waals surface area contributed by atoms with Crippen molar-refractivity contribution >= 4 is 5.91 Å². The first-order chi connectivity index (χ1) is 12.5. The number of carbonyl (C=O) groups excluding carboxylic acids is 1. The van der Waals surface area contributed by atoms with Crippen molar-refractivity contribution in [3.8, 4) is 11.8 Å². The maximum atomic E-state index is 12.2. The fourth-order valence-corrected chi connectivity index (χ4v) is 2.68. The zero-order valence-corrected chi connectivity index (χ0v) is 15.5. The minimum absolute atomic E-state index is 0.116. The maximum Gasteiger partial charge on any atom is 0.221 e. The molecule has 0 fully saturated rings. The van der Waals surface area contributed by atoms with Crippen LogP contribution in [0.5, 0.6) is 5.75 Å². The maximum absolute atomic E-state index is 12.2. The third kappa shape index (κ3) is 6.60. The third-order valence-electron chi connectivity index (χ3n) is 4.23. The second kappa shape index (κ2) is 9.62. The van der Waals surface area contributed by atoms with Crippen LogP contribution >= 0.6 is 0 Å². The summed E-state index contributed by atoms with van der Waals surface area (Å²) in [5, 5.41) is 12.3. The van der Waals surface area contributed by atoms with E-state index in [2.05, 4.69) is 11.4 Å². The Morgan fingerprint density at radius 3 is 2.65 bits per heavy atom. The number of nitrogens with zero attached hydrogens (tertiary/aromatic N) is 1. The molecule has 2 aromatic carbocycles. The predicted molar refractivity (Wildman–Crippen MR) is 103 cm³/mol. The van der Waals surface area contributed by atoms with E-state index in [4.69, 9.17) is 4.74 Å². The minimum atomic E-state index is -0.857. The van der Waals surface area contributed by atoms with Gasteiger partial charge >= 0.3 is 0 Å². The first kappa shape index (κ1) is 19.5. The fraction of sp³-hybridized carbons (Fsp3) is 0.364. The van der Waals surface area contributed by atoms with Crippen molar-refractivity contribution in [3.05, 3.63) is 65.7 Å². The van der Waals surface area contributed by atoms with Gasteiger partial charge in [0.1, 0.15) is 11.3 Å². The summed E-state index contributed by atoms with van der Waals surface area (Å²) in [4.78, 5) is 12.2. The number of amides is 1. The highest BCUT2D eigenvalue weighted by atomic mass is 16.5. The molecule has 2 rings (SSSR count). The summed E-state index contributed by atoms with van der Waals surface area (Å²) < 4.78 is 5.65.